The van der Waals surface area contributed by atoms with Gasteiger partial charge in [-0.25, -0.2) is 13.2 Å². The molecule has 1 amide bonds. The second-order valence-electron chi connectivity index (χ2n) is 10.8. The summed E-state index contributed by atoms with van der Waals surface area (Å²) in [5.74, 6) is -1.38. The van der Waals surface area contributed by atoms with E-state index in [-0.39, 0.29) is 57.3 Å². The first-order valence-corrected chi connectivity index (χ1v) is 15.0. The molecule has 1 aliphatic rings. The number of hydrogen-bond acceptors (Lipinski definition) is 9. The van der Waals surface area contributed by atoms with Gasteiger partial charge in [0.25, 0.3) is 15.9 Å². The molecule has 0 saturated carbocycles. The number of carboxylic acids is 1. The Labute approximate surface area is 244 Å². The largest absolute Gasteiger partial charge is 0.486 e. The quantitative estimate of drug-likeness (QED) is 0.315. The number of fused-ring (bicyclic) bond motifs is 1. The second kappa shape index (κ2) is 12.5. The maximum atomic E-state index is 13.7. The maximum Gasteiger partial charge on any atom is 0.335 e. The number of likely N-dealkylation sites (N-methyl/N-ethyl adjacent to an activating group) is 1. The zero-order valence-corrected chi connectivity index (χ0v) is 25.0. The highest BCUT2D eigenvalue weighted by Gasteiger charge is 2.35. The number of aryl methyl sites for hydroxylation is 2. The van der Waals surface area contributed by atoms with Crippen LogP contribution in [0.3, 0.4) is 0 Å². The summed E-state index contributed by atoms with van der Waals surface area (Å²) in [5.41, 5.74) is 1.55. The Hall–Kier alpha value is -3.94. The number of benzene rings is 2. The number of aromatic nitrogens is 1. The van der Waals surface area contributed by atoms with Gasteiger partial charge in [-0.15, -0.1) is 0 Å². The number of sulfonamides is 1. The number of carbonyl (C=O) groups excluding carboxylic acids is 1. The highest BCUT2D eigenvalue weighted by Crippen LogP contribution is 2.36. The van der Waals surface area contributed by atoms with Gasteiger partial charge in [-0.2, -0.15) is 0 Å². The van der Waals surface area contributed by atoms with Crippen LogP contribution in [0, 0.1) is 19.8 Å². The molecule has 3 atom stereocenters. The highest BCUT2D eigenvalue weighted by molar-refractivity contribution is 7.92. The van der Waals surface area contributed by atoms with Crippen LogP contribution in [0.15, 0.2) is 51.9 Å². The number of hydrogen-bond donors (Lipinski definition) is 3. The van der Waals surface area contributed by atoms with Crippen molar-refractivity contribution in [2.45, 2.75) is 51.3 Å². The molecule has 1 aliphatic heterocycles. The number of para-hydroxylation sites is 1. The maximum absolute atomic E-state index is 13.7. The van der Waals surface area contributed by atoms with Gasteiger partial charge in [-0.1, -0.05) is 30.3 Å². The van der Waals surface area contributed by atoms with E-state index < -0.39 is 28.1 Å². The molecule has 12 nitrogen and oxygen atoms in total. The van der Waals surface area contributed by atoms with Crippen LogP contribution in [0.2, 0.25) is 0 Å². The second-order valence-corrected chi connectivity index (χ2v) is 12.4. The van der Waals surface area contributed by atoms with Crippen LogP contribution < -0.4 is 9.46 Å². The third-order valence-electron chi connectivity index (χ3n) is 7.32. The number of amides is 1. The number of aliphatic hydroxyl groups is 1. The van der Waals surface area contributed by atoms with Crippen molar-refractivity contribution in [3.63, 3.8) is 0 Å². The fraction of sp³-hybridized carbons (Fsp3) is 0.414. The number of aliphatic hydroxyl groups excluding tert-OH is 1. The van der Waals surface area contributed by atoms with E-state index in [9.17, 15) is 28.2 Å². The summed E-state index contributed by atoms with van der Waals surface area (Å²) in [7, 11) is -2.25. The zero-order chi connectivity index (χ0) is 30.8. The van der Waals surface area contributed by atoms with Gasteiger partial charge in [-0.05, 0) is 57.6 Å². The molecule has 4 rings (SSSR count). The number of rotatable bonds is 10. The first kappa shape index (κ1) is 31.0. The van der Waals surface area contributed by atoms with Crippen molar-refractivity contribution >= 4 is 27.6 Å². The van der Waals surface area contributed by atoms with Gasteiger partial charge in [0.2, 0.25) is 0 Å². The van der Waals surface area contributed by atoms with Crippen molar-refractivity contribution < 1.29 is 37.5 Å². The first-order chi connectivity index (χ1) is 19.8. The van der Waals surface area contributed by atoms with Crippen LogP contribution in [0.25, 0.3) is 0 Å². The van der Waals surface area contributed by atoms with Gasteiger partial charge in [0.05, 0.1) is 29.5 Å². The Morgan fingerprint density at radius 3 is 2.50 bits per heavy atom. The zero-order valence-electron chi connectivity index (χ0n) is 24.2. The molecule has 2 aromatic carbocycles. The van der Waals surface area contributed by atoms with E-state index in [1.54, 1.807) is 48.2 Å². The number of nitrogens with one attached hydrogen (secondary N) is 1. The van der Waals surface area contributed by atoms with E-state index in [2.05, 4.69) is 9.88 Å². The predicted molar refractivity (Wildman–Crippen MR) is 154 cm³/mol. The minimum absolute atomic E-state index is 0.0865. The van der Waals surface area contributed by atoms with E-state index in [1.807, 2.05) is 18.9 Å². The fourth-order valence-electron chi connectivity index (χ4n) is 5.03. The Balaban J connectivity index is 1.69. The van der Waals surface area contributed by atoms with Crippen molar-refractivity contribution in [3.8, 4) is 5.75 Å². The van der Waals surface area contributed by atoms with Crippen LogP contribution in [0.1, 0.15) is 51.6 Å². The SMILES string of the molecule is Cc1noc(C)c1S(=O)(=O)Nc1cccc2c1O[C@@H](CN(C)Cc1ccc(C(=O)O)cc1)[C@@H](C)CN([C@@H](C)CO)C2=O. The third-order valence-corrected chi connectivity index (χ3v) is 8.93. The van der Waals surface area contributed by atoms with Gasteiger partial charge < -0.3 is 24.4 Å². The van der Waals surface area contributed by atoms with E-state index in [4.69, 9.17) is 9.26 Å². The van der Waals surface area contributed by atoms with Crippen LogP contribution in [-0.4, -0.2) is 84.4 Å². The molecule has 0 unspecified atom stereocenters. The third kappa shape index (κ3) is 6.58. The summed E-state index contributed by atoms with van der Waals surface area (Å²) in [4.78, 5) is 28.4. The molecule has 226 valence electrons. The van der Waals surface area contributed by atoms with Crippen molar-refractivity contribution in [3.05, 3.63) is 70.6 Å². The molecule has 2 heterocycles. The molecule has 0 spiro atoms. The normalized spacial score (nSPS) is 18.2. The Bertz CT molecular complexity index is 1530. The van der Waals surface area contributed by atoms with Crippen LogP contribution >= 0.6 is 0 Å². The molecule has 0 fully saturated rings. The Morgan fingerprint density at radius 2 is 1.90 bits per heavy atom. The summed E-state index contributed by atoms with van der Waals surface area (Å²) in [6.07, 6.45) is -0.488. The number of carbonyl (C=O) groups is 2. The van der Waals surface area contributed by atoms with Crippen LogP contribution in [0.4, 0.5) is 5.69 Å². The van der Waals surface area contributed by atoms with E-state index in [0.717, 1.165) is 5.56 Å². The smallest absolute Gasteiger partial charge is 0.335 e. The monoisotopic (exact) mass is 600 g/mol. The van der Waals surface area contributed by atoms with Gasteiger partial charge in [0, 0.05) is 25.6 Å². The lowest BCUT2D eigenvalue weighted by atomic mass is 9.99. The van der Waals surface area contributed by atoms with Crippen molar-refractivity contribution in [2.24, 2.45) is 5.92 Å². The summed E-state index contributed by atoms with van der Waals surface area (Å²) >= 11 is 0. The van der Waals surface area contributed by atoms with Gasteiger partial charge >= 0.3 is 5.97 Å². The van der Waals surface area contributed by atoms with Crippen molar-refractivity contribution in [1.82, 2.24) is 15.0 Å². The summed E-state index contributed by atoms with van der Waals surface area (Å²) in [5, 5.41) is 22.8. The molecular weight excluding hydrogens is 564 g/mol. The Morgan fingerprint density at radius 1 is 1.21 bits per heavy atom. The molecule has 13 heteroatoms. The summed E-state index contributed by atoms with van der Waals surface area (Å²) in [6, 6.07) is 10.8. The van der Waals surface area contributed by atoms with Gasteiger partial charge in [0.15, 0.2) is 16.4 Å². The highest BCUT2D eigenvalue weighted by atomic mass is 32.2. The van der Waals surface area contributed by atoms with Crippen molar-refractivity contribution in [2.75, 3.05) is 31.5 Å². The number of carboxylic acid groups (broad SMARTS) is 1. The van der Waals surface area contributed by atoms with E-state index >= 15 is 0 Å². The van der Waals surface area contributed by atoms with Crippen LogP contribution in [-0.2, 0) is 16.6 Å². The van der Waals surface area contributed by atoms with E-state index in [1.165, 1.54) is 19.9 Å². The number of nitrogens with zero attached hydrogens (tertiary/aromatic N) is 3. The molecular formula is C29H36N4O8S. The average Bonchev–Trinajstić information content (AvgIpc) is 3.29. The topological polar surface area (TPSA) is 163 Å². The van der Waals surface area contributed by atoms with Crippen LogP contribution in [0.5, 0.6) is 5.75 Å². The predicted octanol–water partition coefficient (Wildman–Crippen LogP) is 3.14. The number of anilines is 1. The van der Waals surface area contributed by atoms with Gasteiger partial charge in [0.1, 0.15) is 11.8 Å². The lowest BCUT2D eigenvalue weighted by Gasteiger charge is -2.38. The molecule has 1 aromatic heterocycles. The first-order valence-electron chi connectivity index (χ1n) is 13.5. The lowest BCUT2D eigenvalue weighted by molar-refractivity contribution is 0.0343. The molecule has 0 bridgehead atoms. The minimum atomic E-state index is -4.15. The summed E-state index contributed by atoms with van der Waals surface area (Å²) in [6.45, 7) is 7.67. The standard InChI is InChI=1S/C29H36N4O8S/c1-17-13-33(18(2)16-34)28(35)23-7-6-8-24(31-42(38,39)27-19(3)30-41-20(27)4)26(23)40-25(17)15-32(5)14-21-9-11-22(12-10-21)29(36)37/h6-12,17-18,25,31,34H,13-16H2,1-5H3,(H,36,37)/t17-,18-,25-/m0/s1. The molecule has 0 aliphatic carbocycles. The molecule has 3 aromatic rings. The molecule has 0 radical (unpaired) electrons. The van der Waals surface area contributed by atoms with E-state index in [0.29, 0.717) is 19.6 Å². The minimum Gasteiger partial charge on any atom is -0.486 e. The average molecular weight is 601 g/mol. The summed E-state index contributed by atoms with van der Waals surface area (Å²) < 4.78 is 40.9. The van der Waals surface area contributed by atoms with Crippen molar-refractivity contribution in [1.29, 1.82) is 0 Å². The molecule has 42 heavy (non-hydrogen) atoms. The number of ether oxygens (including phenoxy) is 1. The fourth-order valence-corrected chi connectivity index (χ4v) is 6.43. The number of aromatic carboxylic acids is 1. The molecule has 0 saturated heterocycles. The Kier molecular flexibility index (Phi) is 9.24. The lowest BCUT2D eigenvalue weighted by Crippen LogP contribution is -2.49. The molecule has 3 N–H and O–H groups in total. The van der Waals surface area contributed by atoms with Gasteiger partial charge in [-0.3, -0.25) is 14.4 Å².